The Morgan fingerprint density at radius 1 is 1.28 bits per heavy atom. The van der Waals surface area contributed by atoms with Crippen LogP contribution < -0.4 is 4.74 Å². The van der Waals surface area contributed by atoms with Gasteiger partial charge in [-0.15, -0.1) is 0 Å². The van der Waals surface area contributed by atoms with E-state index in [1.165, 1.54) is 0 Å². The SMILES string of the molecule is C=Cc1ccc(OCCC(C)(O)C(F)(F)F)cc1. The Kier molecular flexibility index (Phi) is 4.40. The second-order valence-corrected chi connectivity index (χ2v) is 4.14. The van der Waals surface area contributed by atoms with Crippen molar-refractivity contribution < 1.29 is 23.0 Å². The second-order valence-electron chi connectivity index (χ2n) is 4.14. The summed E-state index contributed by atoms with van der Waals surface area (Å²) in [6.45, 7) is 4.11. The maximum absolute atomic E-state index is 12.3. The van der Waals surface area contributed by atoms with Gasteiger partial charge in [0.05, 0.1) is 6.61 Å². The standard InChI is InChI=1S/C13H15F3O2/c1-3-10-4-6-11(7-5-10)18-9-8-12(2,17)13(14,15)16/h3-7,17H,1,8-9H2,2H3. The molecule has 2 nitrogen and oxygen atoms in total. The third kappa shape index (κ3) is 3.77. The second kappa shape index (κ2) is 5.44. The summed E-state index contributed by atoms with van der Waals surface area (Å²) in [5, 5.41) is 9.19. The predicted molar refractivity (Wildman–Crippen MR) is 63.3 cm³/mol. The Morgan fingerprint density at radius 2 is 1.83 bits per heavy atom. The Labute approximate surface area is 104 Å². The van der Waals surface area contributed by atoms with Crippen LogP contribution in [0.5, 0.6) is 5.75 Å². The molecular formula is C13H15F3O2. The van der Waals surface area contributed by atoms with Gasteiger partial charge in [-0.25, -0.2) is 0 Å². The van der Waals surface area contributed by atoms with Crippen LogP contribution in [0.3, 0.4) is 0 Å². The van der Waals surface area contributed by atoms with Gasteiger partial charge in [0.2, 0.25) is 0 Å². The highest BCUT2D eigenvalue weighted by atomic mass is 19.4. The highest BCUT2D eigenvalue weighted by molar-refractivity contribution is 5.48. The van der Waals surface area contributed by atoms with E-state index in [0.717, 1.165) is 12.5 Å². The fraction of sp³-hybridized carbons (Fsp3) is 0.385. The number of benzene rings is 1. The van der Waals surface area contributed by atoms with Crippen LogP contribution in [-0.4, -0.2) is 23.5 Å². The molecule has 0 aliphatic rings. The number of aliphatic hydroxyl groups is 1. The fourth-order valence-corrected chi connectivity index (χ4v) is 1.21. The minimum absolute atomic E-state index is 0.208. The third-order valence-electron chi connectivity index (χ3n) is 2.58. The lowest BCUT2D eigenvalue weighted by molar-refractivity contribution is -0.256. The van der Waals surface area contributed by atoms with Gasteiger partial charge in [-0.05, 0) is 24.6 Å². The van der Waals surface area contributed by atoms with E-state index in [0.29, 0.717) is 5.75 Å². The van der Waals surface area contributed by atoms with Gasteiger partial charge in [0.1, 0.15) is 5.75 Å². The first kappa shape index (κ1) is 14.6. The maximum Gasteiger partial charge on any atom is 0.417 e. The van der Waals surface area contributed by atoms with Crippen LogP contribution in [0.15, 0.2) is 30.8 Å². The molecule has 1 aromatic carbocycles. The summed E-state index contributed by atoms with van der Waals surface area (Å²) in [5.41, 5.74) is -1.83. The van der Waals surface area contributed by atoms with Crippen molar-refractivity contribution in [3.8, 4) is 5.75 Å². The molecule has 0 aliphatic heterocycles. The van der Waals surface area contributed by atoms with E-state index in [2.05, 4.69) is 6.58 Å². The van der Waals surface area contributed by atoms with Crippen molar-refractivity contribution in [3.05, 3.63) is 36.4 Å². The molecule has 1 unspecified atom stereocenters. The molecule has 0 saturated heterocycles. The van der Waals surface area contributed by atoms with Crippen LogP contribution in [0.1, 0.15) is 18.9 Å². The minimum atomic E-state index is -4.65. The van der Waals surface area contributed by atoms with Crippen molar-refractivity contribution >= 4 is 6.08 Å². The molecule has 1 atom stereocenters. The number of rotatable bonds is 5. The number of ether oxygens (including phenoxy) is 1. The molecule has 0 radical (unpaired) electrons. The van der Waals surface area contributed by atoms with Gasteiger partial charge < -0.3 is 9.84 Å². The fourth-order valence-electron chi connectivity index (χ4n) is 1.21. The van der Waals surface area contributed by atoms with Crippen molar-refractivity contribution in [2.45, 2.75) is 25.1 Å². The molecule has 0 aromatic heterocycles. The number of alkyl halides is 3. The van der Waals surface area contributed by atoms with E-state index in [1.807, 2.05) is 0 Å². The largest absolute Gasteiger partial charge is 0.493 e. The van der Waals surface area contributed by atoms with Gasteiger partial charge in [-0.2, -0.15) is 13.2 Å². The highest BCUT2D eigenvalue weighted by Crippen LogP contribution is 2.32. The first-order valence-corrected chi connectivity index (χ1v) is 5.41. The molecule has 0 saturated carbocycles. The molecule has 18 heavy (non-hydrogen) atoms. The molecule has 1 aromatic rings. The smallest absolute Gasteiger partial charge is 0.417 e. The first-order chi connectivity index (χ1) is 8.26. The molecular weight excluding hydrogens is 245 g/mol. The molecule has 5 heteroatoms. The van der Waals surface area contributed by atoms with E-state index >= 15 is 0 Å². The first-order valence-electron chi connectivity index (χ1n) is 5.41. The highest BCUT2D eigenvalue weighted by Gasteiger charge is 2.49. The summed E-state index contributed by atoms with van der Waals surface area (Å²) in [4.78, 5) is 0. The minimum Gasteiger partial charge on any atom is -0.493 e. The van der Waals surface area contributed by atoms with E-state index in [4.69, 9.17) is 4.74 Å². The van der Waals surface area contributed by atoms with Gasteiger partial charge in [0, 0.05) is 6.42 Å². The van der Waals surface area contributed by atoms with Crippen LogP contribution in [0.25, 0.3) is 6.08 Å². The Morgan fingerprint density at radius 3 is 2.28 bits per heavy atom. The van der Waals surface area contributed by atoms with Crippen LogP contribution in [0.4, 0.5) is 13.2 Å². The lowest BCUT2D eigenvalue weighted by Gasteiger charge is -2.25. The molecule has 100 valence electrons. The van der Waals surface area contributed by atoms with Crippen molar-refractivity contribution in [3.63, 3.8) is 0 Å². The Bertz CT molecular complexity index is 394. The number of hydrogen-bond acceptors (Lipinski definition) is 2. The normalized spacial score (nSPS) is 14.9. The Balaban J connectivity index is 2.48. The quantitative estimate of drug-likeness (QED) is 0.879. The lowest BCUT2D eigenvalue weighted by atomic mass is 10.0. The number of hydrogen-bond donors (Lipinski definition) is 1. The topological polar surface area (TPSA) is 29.5 Å². The summed E-state index contributed by atoms with van der Waals surface area (Å²) < 4.78 is 42.2. The van der Waals surface area contributed by atoms with Gasteiger partial charge in [0.15, 0.2) is 5.60 Å². The molecule has 0 heterocycles. The van der Waals surface area contributed by atoms with E-state index in [1.54, 1.807) is 30.3 Å². The zero-order chi connectivity index (χ0) is 13.8. The molecule has 0 fully saturated rings. The average Bonchev–Trinajstić information content (AvgIpc) is 2.28. The predicted octanol–water partition coefficient (Wildman–Crippen LogP) is 3.41. The number of halogens is 3. The van der Waals surface area contributed by atoms with E-state index < -0.39 is 18.2 Å². The third-order valence-corrected chi connectivity index (χ3v) is 2.58. The molecule has 0 spiro atoms. The molecule has 1 N–H and O–H groups in total. The average molecular weight is 260 g/mol. The molecule has 0 bridgehead atoms. The van der Waals surface area contributed by atoms with Crippen molar-refractivity contribution in [2.24, 2.45) is 0 Å². The zero-order valence-electron chi connectivity index (χ0n) is 10.00. The van der Waals surface area contributed by atoms with Crippen LogP contribution >= 0.6 is 0 Å². The zero-order valence-corrected chi connectivity index (χ0v) is 10.00. The van der Waals surface area contributed by atoms with Crippen molar-refractivity contribution in [1.29, 1.82) is 0 Å². The van der Waals surface area contributed by atoms with Crippen LogP contribution in [0, 0.1) is 0 Å². The molecule has 0 aliphatic carbocycles. The van der Waals surface area contributed by atoms with Gasteiger partial charge in [-0.3, -0.25) is 0 Å². The lowest BCUT2D eigenvalue weighted by Crippen LogP contribution is -2.43. The summed E-state index contributed by atoms with van der Waals surface area (Å²) in [5.74, 6) is 0.457. The maximum atomic E-state index is 12.3. The van der Waals surface area contributed by atoms with Gasteiger partial charge in [0.25, 0.3) is 0 Å². The summed E-state index contributed by atoms with van der Waals surface area (Å²) in [7, 11) is 0. The van der Waals surface area contributed by atoms with Gasteiger partial charge >= 0.3 is 6.18 Å². The van der Waals surface area contributed by atoms with Crippen LogP contribution in [0.2, 0.25) is 0 Å². The molecule has 1 rings (SSSR count). The van der Waals surface area contributed by atoms with Crippen molar-refractivity contribution in [2.75, 3.05) is 6.61 Å². The van der Waals surface area contributed by atoms with Crippen molar-refractivity contribution in [1.82, 2.24) is 0 Å². The summed E-state index contributed by atoms with van der Waals surface area (Å²) in [6.07, 6.45) is -3.51. The van der Waals surface area contributed by atoms with Gasteiger partial charge in [-0.1, -0.05) is 24.8 Å². The molecule has 0 amide bonds. The van der Waals surface area contributed by atoms with E-state index in [-0.39, 0.29) is 6.61 Å². The van der Waals surface area contributed by atoms with Crippen LogP contribution in [-0.2, 0) is 0 Å². The summed E-state index contributed by atoms with van der Waals surface area (Å²) >= 11 is 0. The Hall–Kier alpha value is -1.49. The van der Waals surface area contributed by atoms with E-state index in [9.17, 15) is 18.3 Å². The monoisotopic (exact) mass is 260 g/mol. The summed E-state index contributed by atoms with van der Waals surface area (Å²) in [6, 6.07) is 6.76.